The zero-order valence-electron chi connectivity index (χ0n) is 10.4. The van der Waals surface area contributed by atoms with E-state index in [-0.39, 0.29) is 10.6 Å². The molecule has 0 saturated heterocycles. The number of nitro groups is 1. The summed E-state index contributed by atoms with van der Waals surface area (Å²) in [6.07, 6.45) is 0.952. The molecule has 0 spiro atoms. The van der Waals surface area contributed by atoms with E-state index in [4.69, 9.17) is 0 Å². The summed E-state index contributed by atoms with van der Waals surface area (Å²) in [7, 11) is 0. The molecular weight excluding hydrogens is 294 g/mol. The summed E-state index contributed by atoms with van der Waals surface area (Å²) >= 11 is 3.18. The van der Waals surface area contributed by atoms with E-state index >= 15 is 0 Å². The molecule has 0 fully saturated rings. The molecule has 7 heteroatoms. The number of anilines is 1. The molecule has 3 aromatic rings. The fourth-order valence-electron chi connectivity index (χ4n) is 1.85. The van der Waals surface area contributed by atoms with Crippen LogP contribution in [0.3, 0.4) is 0 Å². The maximum Gasteiger partial charge on any atom is 0.270 e. The lowest BCUT2D eigenvalue weighted by Gasteiger charge is -1.99. The number of non-ortho nitro benzene ring substituents is 1. The molecule has 0 aliphatic heterocycles. The molecule has 0 unspecified atom stereocenters. The van der Waals surface area contributed by atoms with Gasteiger partial charge in [0.1, 0.15) is 0 Å². The van der Waals surface area contributed by atoms with Crippen molar-refractivity contribution in [3.05, 3.63) is 50.7 Å². The maximum atomic E-state index is 10.7. The second-order valence-corrected chi connectivity index (χ2v) is 6.25. The SMILES string of the molecule is O=[N+]([O-])c1ccc2nc(NCCc3cccs3)sc2c1. The van der Waals surface area contributed by atoms with Crippen LogP contribution in [0.4, 0.5) is 10.8 Å². The Bertz CT molecular complexity index is 737. The third-order valence-electron chi connectivity index (χ3n) is 2.81. The lowest BCUT2D eigenvalue weighted by atomic mass is 10.3. The Morgan fingerprint density at radius 3 is 3.00 bits per heavy atom. The second kappa shape index (κ2) is 5.56. The number of aromatic nitrogens is 1. The first kappa shape index (κ1) is 13.0. The van der Waals surface area contributed by atoms with Crippen LogP contribution in [0.1, 0.15) is 4.88 Å². The fraction of sp³-hybridized carbons (Fsp3) is 0.154. The summed E-state index contributed by atoms with van der Waals surface area (Å²) in [6.45, 7) is 0.808. The third kappa shape index (κ3) is 2.78. The van der Waals surface area contributed by atoms with Gasteiger partial charge in [-0.1, -0.05) is 17.4 Å². The first-order chi connectivity index (χ1) is 9.72. The molecule has 0 amide bonds. The number of hydrogen-bond acceptors (Lipinski definition) is 6. The average molecular weight is 305 g/mol. The van der Waals surface area contributed by atoms with Crippen LogP contribution in [-0.4, -0.2) is 16.5 Å². The lowest BCUT2D eigenvalue weighted by Crippen LogP contribution is -2.03. The fourth-order valence-corrected chi connectivity index (χ4v) is 3.48. The molecule has 3 rings (SSSR count). The number of nitrogens with zero attached hydrogens (tertiary/aromatic N) is 2. The van der Waals surface area contributed by atoms with E-state index in [0.29, 0.717) is 0 Å². The highest BCUT2D eigenvalue weighted by molar-refractivity contribution is 7.22. The van der Waals surface area contributed by atoms with Crippen molar-refractivity contribution in [3.63, 3.8) is 0 Å². The normalized spacial score (nSPS) is 10.8. The minimum atomic E-state index is -0.386. The van der Waals surface area contributed by atoms with Crippen LogP contribution in [0.25, 0.3) is 10.2 Å². The van der Waals surface area contributed by atoms with Crippen LogP contribution in [0.2, 0.25) is 0 Å². The van der Waals surface area contributed by atoms with Crippen LogP contribution in [0.15, 0.2) is 35.7 Å². The van der Waals surface area contributed by atoms with Gasteiger partial charge in [-0.3, -0.25) is 10.1 Å². The highest BCUT2D eigenvalue weighted by atomic mass is 32.1. The highest BCUT2D eigenvalue weighted by Crippen LogP contribution is 2.29. The molecule has 5 nitrogen and oxygen atoms in total. The quantitative estimate of drug-likeness (QED) is 0.573. The number of thiophene rings is 1. The van der Waals surface area contributed by atoms with Crippen LogP contribution < -0.4 is 5.32 Å². The monoisotopic (exact) mass is 305 g/mol. The van der Waals surface area contributed by atoms with Gasteiger partial charge in [-0.15, -0.1) is 11.3 Å². The predicted octanol–water partition coefficient (Wildman–Crippen LogP) is 3.92. The van der Waals surface area contributed by atoms with Gasteiger partial charge < -0.3 is 5.32 Å². The molecule has 2 heterocycles. The first-order valence-electron chi connectivity index (χ1n) is 6.03. The first-order valence-corrected chi connectivity index (χ1v) is 7.73. The van der Waals surface area contributed by atoms with Crippen molar-refractivity contribution in [2.75, 3.05) is 11.9 Å². The third-order valence-corrected chi connectivity index (χ3v) is 4.72. The van der Waals surface area contributed by atoms with E-state index in [1.165, 1.54) is 22.3 Å². The van der Waals surface area contributed by atoms with Crippen molar-refractivity contribution >= 4 is 43.7 Å². The van der Waals surface area contributed by atoms with Gasteiger partial charge in [-0.05, 0) is 23.9 Å². The Labute approximate surface area is 123 Å². The Morgan fingerprint density at radius 2 is 2.25 bits per heavy atom. The number of rotatable bonds is 5. The zero-order valence-corrected chi connectivity index (χ0v) is 12.0. The van der Waals surface area contributed by atoms with Crippen molar-refractivity contribution in [2.24, 2.45) is 0 Å². The average Bonchev–Trinajstić information content (AvgIpc) is 3.06. The summed E-state index contributed by atoms with van der Waals surface area (Å²) in [6, 6.07) is 8.88. The molecule has 0 bridgehead atoms. The van der Waals surface area contributed by atoms with E-state index < -0.39 is 0 Å². The second-order valence-electron chi connectivity index (χ2n) is 4.18. The van der Waals surface area contributed by atoms with E-state index in [0.717, 1.165) is 28.3 Å². The molecule has 0 aliphatic rings. The molecule has 1 aromatic carbocycles. The van der Waals surface area contributed by atoms with Crippen molar-refractivity contribution in [2.45, 2.75) is 6.42 Å². The molecule has 1 N–H and O–H groups in total. The highest BCUT2D eigenvalue weighted by Gasteiger charge is 2.09. The van der Waals surface area contributed by atoms with Gasteiger partial charge in [0.15, 0.2) is 5.13 Å². The van der Waals surface area contributed by atoms with Gasteiger partial charge in [0.05, 0.1) is 15.1 Å². The number of nitro benzene ring substituents is 1. The smallest absolute Gasteiger partial charge is 0.270 e. The number of fused-ring (bicyclic) bond motifs is 1. The Kier molecular flexibility index (Phi) is 3.62. The van der Waals surface area contributed by atoms with Gasteiger partial charge in [-0.25, -0.2) is 4.98 Å². The Hall–Kier alpha value is -1.99. The Morgan fingerprint density at radius 1 is 1.35 bits per heavy atom. The number of nitrogens with one attached hydrogen (secondary N) is 1. The van der Waals surface area contributed by atoms with E-state index in [9.17, 15) is 10.1 Å². The van der Waals surface area contributed by atoms with Crippen LogP contribution in [-0.2, 0) is 6.42 Å². The lowest BCUT2D eigenvalue weighted by molar-refractivity contribution is -0.384. The summed E-state index contributed by atoms with van der Waals surface area (Å²) in [5.41, 5.74) is 0.894. The topological polar surface area (TPSA) is 68.1 Å². The largest absolute Gasteiger partial charge is 0.361 e. The summed E-state index contributed by atoms with van der Waals surface area (Å²) in [4.78, 5) is 16.1. The van der Waals surface area contributed by atoms with Gasteiger partial charge in [0.25, 0.3) is 5.69 Å². The summed E-state index contributed by atoms with van der Waals surface area (Å²) in [5, 5.41) is 16.9. The zero-order chi connectivity index (χ0) is 13.9. The molecular formula is C13H11N3O2S2. The van der Waals surface area contributed by atoms with Crippen molar-refractivity contribution in [1.29, 1.82) is 0 Å². The van der Waals surface area contributed by atoms with Crippen molar-refractivity contribution in [3.8, 4) is 0 Å². The molecule has 0 aliphatic carbocycles. The molecule has 102 valence electrons. The van der Waals surface area contributed by atoms with Gasteiger partial charge in [0, 0.05) is 23.6 Å². The summed E-state index contributed by atoms with van der Waals surface area (Å²) in [5.74, 6) is 0. The molecule has 0 saturated carbocycles. The molecule has 0 radical (unpaired) electrons. The van der Waals surface area contributed by atoms with E-state index in [1.54, 1.807) is 23.5 Å². The molecule has 2 aromatic heterocycles. The Balaban J connectivity index is 1.70. The van der Waals surface area contributed by atoms with E-state index in [1.807, 2.05) is 6.07 Å². The number of benzene rings is 1. The van der Waals surface area contributed by atoms with Crippen LogP contribution in [0, 0.1) is 10.1 Å². The van der Waals surface area contributed by atoms with Gasteiger partial charge in [-0.2, -0.15) is 0 Å². The number of thiazole rings is 1. The van der Waals surface area contributed by atoms with Crippen molar-refractivity contribution in [1.82, 2.24) is 4.98 Å². The van der Waals surface area contributed by atoms with Crippen molar-refractivity contribution < 1.29 is 4.92 Å². The minimum Gasteiger partial charge on any atom is -0.361 e. The van der Waals surface area contributed by atoms with Gasteiger partial charge >= 0.3 is 0 Å². The van der Waals surface area contributed by atoms with Crippen LogP contribution in [0.5, 0.6) is 0 Å². The van der Waals surface area contributed by atoms with E-state index in [2.05, 4.69) is 21.7 Å². The van der Waals surface area contributed by atoms with Gasteiger partial charge in [0.2, 0.25) is 0 Å². The number of hydrogen-bond donors (Lipinski definition) is 1. The molecule has 20 heavy (non-hydrogen) atoms. The predicted molar refractivity (Wildman–Crippen MR) is 82.8 cm³/mol. The summed E-state index contributed by atoms with van der Waals surface area (Å²) < 4.78 is 0.831. The van der Waals surface area contributed by atoms with Crippen LogP contribution >= 0.6 is 22.7 Å². The molecule has 0 atom stereocenters. The maximum absolute atomic E-state index is 10.7. The minimum absolute atomic E-state index is 0.103. The standard InChI is InChI=1S/C13H11N3O2S2/c17-16(18)9-3-4-11-12(8-9)20-13(15-11)14-6-5-10-2-1-7-19-10/h1-4,7-8H,5-6H2,(H,14,15).